The predicted molar refractivity (Wildman–Crippen MR) is 92.2 cm³/mol. The third kappa shape index (κ3) is 5.29. The van der Waals surface area contributed by atoms with Crippen LogP contribution in [-0.2, 0) is 26.1 Å². The molecule has 1 atom stereocenters. The Labute approximate surface area is 148 Å². The van der Waals surface area contributed by atoms with Gasteiger partial charge in [0, 0.05) is 32.2 Å². The van der Waals surface area contributed by atoms with Gasteiger partial charge in [-0.1, -0.05) is 0 Å². The maximum Gasteiger partial charge on any atom is 0.225 e. The first kappa shape index (κ1) is 18.4. The molecule has 2 saturated heterocycles. The zero-order chi connectivity index (χ0) is 17.7. The normalized spacial score (nSPS) is 22.9. The Balaban J connectivity index is 1.51. The molecule has 2 aliphatic heterocycles. The molecule has 0 spiro atoms. The second-order valence-corrected chi connectivity index (χ2v) is 8.71. The van der Waals surface area contributed by atoms with E-state index in [1.165, 1.54) is 6.26 Å². The van der Waals surface area contributed by atoms with Crippen molar-refractivity contribution >= 4 is 15.9 Å². The quantitative estimate of drug-likeness (QED) is 0.817. The number of likely N-dealkylation sites (tertiary alicyclic amines) is 1. The molecule has 7 nitrogen and oxygen atoms in total. The Kier molecular flexibility index (Phi) is 6.14. The van der Waals surface area contributed by atoms with Gasteiger partial charge in [-0.25, -0.2) is 13.1 Å². The average molecular weight is 370 g/mol. The number of nitrogens with zero attached hydrogens (tertiary/aromatic N) is 1. The molecule has 2 fully saturated rings. The predicted octanol–water partition coefficient (Wildman–Crippen LogP) is 1.36. The van der Waals surface area contributed by atoms with Crippen LogP contribution in [0.25, 0.3) is 0 Å². The number of ether oxygens (including phenoxy) is 1. The van der Waals surface area contributed by atoms with E-state index in [0.29, 0.717) is 25.5 Å². The van der Waals surface area contributed by atoms with Crippen molar-refractivity contribution in [3.63, 3.8) is 0 Å². The number of furan rings is 1. The number of sulfonamides is 1. The first-order chi connectivity index (χ1) is 12.0. The van der Waals surface area contributed by atoms with E-state index in [-0.39, 0.29) is 30.0 Å². The van der Waals surface area contributed by atoms with E-state index in [1.54, 1.807) is 12.1 Å². The average Bonchev–Trinajstić information content (AvgIpc) is 3.14. The van der Waals surface area contributed by atoms with Crippen LogP contribution in [0.5, 0.6) is 0 Å². The molecule has 0 aromatic carbocycles. The summed E-state index contributed by atoms with van der Waals surface area (Å²) in [7, 11) is -3.40. The Morgan fingerprint density at radius 3 is 2.80 bits per heavy atom. The highest BCUT2D eigenvalue weighted by Crippen LogP contribution is 2.23. The Morgan fingerprint density at radius 2 is 2.08 bits per heavy atom. The smallest absolute Gasteiger partial charge is 0.225 e. The van der Waals surface area contributed by atoms with Crippen LogP contribution in [0.2, 0.25) is 0 Å². The van der Waals surface area contributed by atoms with Crippen LogP contribution in [0, 0.1) is 11.8 Å². The third-order valence-corrected chi connectivity index (χ3v) is 6.40. The minimum atomic E-state index is -3.40. The second kappa shape index (κ2) is 8.33. The molecule has 8 heteroatoms. The molecule has 0 saturated carbocycles. The maximum absolute atomic E-state index is 12.6. The van der Waals surface area contributed by atoms with Crippen LogP contribution in [0.4, 0.5) is 0 Å². The van der Waals surface area contributed by atoms with E-state index in [1.807, 2.05) is 4.90 Å². The molecule has 1 amide bonds. The fourth-order valence-corrected chi connectivity index (χ4v) is 4.94. The molecule has 1 aromatic heterocycles. The summed E-state index contributed by atoms with van der Waals surface area (Å²) in [6, 6.07) is 3.46. The summed E-state index contributed by atoms with van der Waals surface area (Å²) in [6.07, 6.45) is 4.74. The Morgan fingerprint density at radius 1 is 1.28 bits per heavy atom. The van der Waals surface area contributed by atoms with Gasteiger partial charge < -0.3 is 14.1 Å². The second-order valence-electron chi connectivity index (χ2n) is 6.86. The summed E-state index contributed by atoms with van der Waals surface area (Å²) in [6.45, 7) is 2.69. The van der Waals surface area contributed by atoms with Crippen molar-refractivity contribution < 1.29 is 22.4 Å². The summed E-state index contributed by atoms with van der Waals surface area (Å²) in [5, 5.41) is 0. The fraction of sp³-hybridized carbons (Fsp3) is 0.706. The van der Waals surface area contributed by atoms with Crippen molar-refractivity contribution in [1.82, 2.24) is 9.62 Å². The van der Waals surface area contributed by atoms with Crippen LogP contribution in [0.15, 0.2) is 22.8 Å². The minimum Gasteiger partial charge on any atom is -0.468 e. The minimum absolute atomic E-state index is 0.0216. The van der Waals surface area contributed by atoms with Crippen LogP contribution in [0.3, 0.4) is 0 Å². The van der Waals surface area contributed by atoms with Gasteiger partial charge in [0.05, 0.1) is 18.6 Å². The van der Waals surface area contributed by atoms with Gasteiger partial charge >= 0.3 is 0 Å². The first-order valence-electron chi connectivity index (χ1n) is 8.90. The monoisotopic (exact) mass is 370 g/mol. The van der Waals surface area contributed by atoms with Crippen molar-refractivity contribution in [3.8, 4) is 0 Å². The number of carbonyl (C=O) groups excluding carboxylic acids is 1. The zero-order valence-corrected chi connectivity index (χ0v) is 15.2. The lowest BCUT2D eigenvalue weighted by molar-refractivity contribution is -0.140. The summed E-state index contributed by atoms with van der Waals surface area (Å²) in [5.41, 5.74) is 0. The lowest BCUT2D eigenvalue weighted by Gasteiger charge is -2.35. The van der Waals surface area contributed by atoms with E-state index in [4.69, 9.17) is 9.15 Å². The fourth-order valence-electron chi connectivity index (χ4n) is 3.57. The first-order valence-corrected chi connectivity index (χ1v) is 10.5. The van der Waals surface area contributed by atoms with Crippen molar-refractivity contribution in [2.75, 3.05) is 32.1 Å². The van der Waals surface area contributed by atoms with Gasteiger partial charge in [-0.2, -0.15) is 0 Å². The van der Waals surface area contributed by atoms with Gasteiger partial charge in [0.25, 0.3) is 0 Å². The molecule has 1 N–H and O–H groups in total. The number of nitrogens with one attached hydrogen (secondary N) is 1. The lowest BCUT2D eigenvalue weighted by atomic mass is 9.95. The van der Waals surface area contributed by atoms with Crippen molar-refractivity contribution in [2.45, 2.75) is 32.2 Å². The van der Waals surface area contributed by atoms with Gasteiger partial charge in [-0.05, 0) is 43.7 Å². The van der Waals surface area contributed by atoms with Crippen molar-refractivity contribution in [2.24, 2.45) is 11.8 Å². The molecule has 0 bridgehead atoms. The highest BCUT2D eigenvalue weighted by Gasteiger charge is 2.31. The van der Waals surface area contributed by atoms with E-state index in [2.05, 4.69) is 4.72 Å². The van der Waals surface area contributed by atoms with Crippen molar-refractivity contribution in [1.29, 1.82) is 0 Å². The lowest BCUT2D eigenvalue weighted by Crippen LogP contribution is -2.46. The van der Waals surface area contributed by atoms with Gasteiger partial charge in [-0.3, -0.25) is 4.79 Å². The van der Waals surface area contributed by atoms with E-state index in [0.717, 1.165) is 32.2 Å². The maximum atomic E-state index is 12.6. The van der Waals surface area contributed by atoms with E-state index in [9.17, 15) is 13.2 Å². The molecule has 1 aromatic rings. The molecule has 2 aliphatic rings. The summed E-state index contributed by atoms with van der Waals surface area (Å²) >= 11 is 0. The SMILES string of the molecule is O=C(C1CCOCC1)N1CCC[C@H](CS(=O)(=O)NCc2ccco2)C1. The van der Waals surface area contributed by atoms with Crippen LogP contribution in [-0.4, -0.2) is 51.3 Å². The van der Waals surface area contributed by atoms with Crippen LogP contribution >= 0.6 is 0 Å². The van der Waals surface area contributed by atoms with Crippen LogP contribution < -0.4 is 4.72 Å². The molecular formula is C17H26N2O5S. The number of amides is 1. The number of hydrogen-bond donors (Lipinski definition) is 1. The molecule has 140 valence electrons. The highest BCUT2D eigenvalue weighted by atomic mass is 32.2. The summed E-state index contributed by atoms with van der Waals surface area (Å²) in [4.78, 5) is 14.5. The molecule has 3 rings (SSSR count). The molecule has 0 unspecified atom stereocenters. The van der Waals surface area contributed by atoms with E-state index >= 15 is 0 Å². The topological polar surface area (TPSA) is 88.8 Å². The van der Waals surface area contributed by atoms with Crippen molar-refractivity contribution in [3.05, 3.63) is 24.2 Å². The largest absolute Gasteiger partial charge is 0.468 e. The van der Waals surface area contributed by atoms with Crippen LogP contribution in [0.1, 0.15) is 31.4 Å². The van der Waals surface area contributed by atoms with Gasteiger partial charge in [-0.15, -0.1) is 0 Å². The third-order valence-electron chi connectivity index (χ3n) is 4.90. The molecule has 0 aliphatic carbocycles. The molecular weight excluding hydrogens is 344 g/mol. The number of rotatable bonds is 6. The van der Waals surface area contributed by atoms with Gasteiger partial charge in [0.2, 0.25) is 15.9 Å². The summed E-state index contributed by atoms with van der Waals surface area (Å²) in [5.74, 6) is 0.802. The molecule has 3 heterocycles. The summed E-state index contributed by atoms with van der Waals surface area (Å²) < 4.78 is 37.6. The Hall–Kier alpha value is -1.38. The molecule has 0 radical (unpaired) electrons. The Bertz CT molecular complexity index is 653. The highest BCUT2D eigenvalue weighted by molar-refractivity contribution is 7.89. The van der Waals surface area contributed by atoms with Gasteiger partial charge in [0.15, 0.2) is 0 Å². The molecule has 25 heavy (non-hydrogen) atoms. The zero-order valence-electron chi connectivity index (χ0n) is 14.4. The van der Waals surface area contributed by atoms with Gasteiger partial charge in [0.1, 0.15) is 5.76 Å². The van der Waals surface area contributed by atoms with E-state index < -0.39 is 10.0 Å². The number of piperidine rings is 1. The standard InChI is InChI=1S/C17H26N2O5S/c20-17(15-5-9-23-10-6-15)19-7-1-3-14(12-19)13-25(21,22)18-11-16-4-2-8-24-16/h2,4,8,14-15,18H,1,3,5-7,9-13H2/t14-/m0/s1. The number of carbonyl (C=O) groups is 1. The number of hydrogen-bond acceptors (Lipinski definition) is 5.